The van der Waals surface area contributed by atoms with E-state index < -0.39 is 0 Å². The number of H-pyrrole nitrogens is 1. The predicted molar refractivity (Wildman–Crippen MR) is 115 cm³/mol. The molecule has 0 atom stereocenters. The fraction of sp³-hybridized carbons (Fsp3) is 0.217. The Hall–Kier alpha value is -3.58. The lowest BCUT2D eigenvalue weighted by molar-refractivity contribution is 0.0677. The van der Waals surface area contributed by atoms with E-state index in [2.05, 4.69) is 15.0 Å². The number of fused-ring (bicyclic) bond motifs is 2. The van der Waals surface area contributed by atoms with E-state index in [9.17, 15) is 9.59 Å². The molecular formula is C23H22N4O3. The molecular weight excluding hydrogens is 380 g/mol. The van der Waals surface area contributed by atoms with E-state index in [-0.39, 0.29) is 18.0 Å². The van der Waals surface area contributed by atoms with Crippen molar-refractivity contribution in [3.8, 4) is 0 Å². The fourth-order valence-electron chi connectivity index (χ4n) is 3.50. The van der Waals surface area contributed by atoms with Crippen LogP contribution in [0.1, 0.15) is 21.9 Å². The highest BCUT2D eigenvalue weighted by Crippen LogP contribution is 2.20. The van der Waals surface area contributed by atoms with Crippen LogP contribution in [0.3, 0.4) is 0 Å². The number of aryl methyl sites for hydroxylation is 1. The van der Waals surface area contributed by atoms with E-state index in [1.165, 1.54) is 0 Å². The number of hydrogen-bond acceptors (Lipinski definition) is 5. The smallest absolute Gasteiger partial charge is 0.258 e. The molecule has 7 heteroatoms. The highest BCUT2D eigenvalue weighted by Gasteiger charge is 2.20. The Bertz CT molecular complexity index is 1280. The molecule has 30 heavy (non-hydrogen) atoms. The Morgan fingerprint density at radius 2 is 1.70 bits per heavy atom. The molecule has 0 spiro atoms. The first kappa shape index (κ1) is 19.7. The maximum absolute atomic E-state index is 13.5. The Kier molecular flexibility index (Phi) is 5.54. The molecule has 0 saturated heterocycles. The molecule has 152 valence electrons. The van der Waals surface area contributed by atoms with Crippen LogP contribution < -0.4 is 5.56 Å². The van der Waals surface area contributed by atoms with Crippen LogP contribution in [0.2, 0.25) is 0 Å². The van der Waals surface area contributed by atoms with Crippen molar-refractivity contribution in [3.63, 3.8) is 0 Å². The number of aromatic nitrogens is 3. The van der Waals surface area contributed by atoms with Crippen molar-refractivity contribution in [2.24, 2.45) is 0 Å². The van der Waals surface area contributed by atoms with Gasteiger partial charge in [-0.3, -0.25) is 14.6 Å². The van der Waals surface area contributed by atoms with Crippen molar-refractivity contribution in [1.82, 2.24) is 19.9 Å². The lowest BCUT2D eigenvalue weighted by atomic mass is 10.1. The molecule has 0 aliphatic heterocycles. The van der Waals surface area contributed by atoms with Crippen molar-refractivity contribution >= 4 is 27.7 Å². The Labute approximate surface area is 173 Å². The quantitative estimate of drug-likeness (QED) is 0.535. The second-order valence-corrected chi connectivity index (χ2v) is 7.08. The van der Waals surface area contributed by atoms with Gasteiger partial charge in [0, 0.05) is 24.7 Å². The number of para-hydroxylation sites is 2. The van der Waals surface area contributed by atoms with Gasteiger partial charge in [0.05, 0.1) is 35.1 Å². The van der Waals surface area contributed by atoms with Crippen LogP contribution in [0, 0.1) is 6.92 Å². The Morgan fingerprint density at radius 3 is 2.43 bits per heavy atom. The SMILES string of the molecule is COCCN(Cc1nc2ccccc2c(=O)[nH]1)C(=O)c1cc(C)nc2ccccc12. The number of carbonyl (C=O) groups is 1. The molecule has 0 radical (unpaired) electrons. The summed E-state index contributed by atoms with van der Waals surface area (Å²) >= 11 is 0. The van der Waals surface area contributed by atoms with Gasteiger partial charge < -0.3 is 14.6 Å². The van der Waals surface area contributed by atoms with Gasteiger partial charge in [-0.1, -0.05) is 30.3 Å². The first-order chi connectivity index (χ1) is 14.6. The molecule has 0 fully saturated rings. The number of nitrogens with one attached hydrogen (secondary N) is 1. The van der Waals surface area contributed by atoms with Crippen LogP contribution >= 0.6 is 0 Å². The number of benzene rings is 2. The topological polar surface area (TPSA) is 88.2 Å². The number of pyridine rings is 1. The summed E-state index contributed by atoms with van der Waals surface area (Å²) in [6.07, 6.45) is 0. The number of hydrogen-bond donors (Lipinski definition) is 1. The van der Waals surface area contributed by atoms with Gasteiger partial charge in [-0.05, 0) is 31.2 Å². The van der Waals surface area contributed by atoms with Gasteiger partial charge in [0.25, 0.3) is 11.5 Å². The highest BCUT2D eigenvalue weighted by molar-refractivity contribution is 6.06. The third kappa shape index (κ3) is 3.92. The summed E-state index contributed by atoms with van der Waals surface area (Å²) in [5.74, 6) is 0.266. The van der Waals surface area contributed by atoms with Crippen molar-refractivity contribution in [1.29, 1.82) is 0 Å². The third-order valence-electron chi connectivity index (χ3n) is 4.93. The molecule has 1 N–H and O–H groups in total. The molecule has 2 aromatic heterocycles. The number of rotatable bonds is 6. The normalized spacial score (nSPS) is 11.1. The van der Waals surface area contributed by atoms with Gasteiger partial charge in [0.1, 0.15) is 5.82 Å². The van der Waals surface area contributed by atoms with Crippen LogP contribution in [-0.4, -0.2) is 46.0 Å². The summed E-state index contributed by atoms with van der Waals surface area (Å²) in [7, 11) is 1.59. The fourth-order valence-corrected chi connectivity index (χ4v) is 3.50. The summed E-state index contributed by atoms with van der Waals surface area (Å²) < 4.78 is 5.20. The average Bonchev–Trinajstić information content (AvgIpc) is 2.75. The molecule has 2 heterocycles. The summed E-state index contributed by atoms with van der Waals surface area (Å²) in [6, 6.07) is 16.5. The van der Waals surface area contributed by atoms with Crippen molar-refractivity contribution in [2.75, 3.05) is 20.3 Å². The van der Waals surface area contributed by atoms with Gasteiger partial charge in [-0.15, -0.1) is 0 Å². The number of amides is 1. The van der Waals surface area contributed by atoms with Crippen LogP contribution in [0.25, 0.3) is 21.8 Å². The minimum atomic E-state index is -0.222. The maximum atomic E-state index is 13.5. The zero-order valence-corrected chi connectivity index (χ0v) is 16.9. The molecule has 0 unspecified atom stereocenters. The van der Waals surface area contributed by atoms with Crippen LogP contribution in [-0.2, 0) is 11.3 Å². The molecule has 4 aromatic rings. The van der Waals surface area contributed by atoms with Gasteiger partial charge in [-0.25, -0.2) is 4.98 Å². The molecule has 0 aliphatic carbocycles. The van der Waals surface area contributed by atoms with E-state index in [1.54, 1.807) is 36.3 Å². The van der Waals surface area contributed by atoms with Crippen molar-refractivity contribution in [3.05, 3.63) is 82.0 Å². The zero-order chi connectivity index (χ0) is 21.1. The number of ether oxygens (including phenoxy) is 1. The minimum absolute atomic E-state index is 0.162. The predicted octanol–water partition coefficient (Wildman–Crippen LogP) is 3.07. The lowest BCUT2D eigenvalue weighted by Crippen LogP contribution is -2.35. The summed E-state index contributed by atoms with van der Waals surface area (Å²) in [5.41, 5.74) is 2.48. The van der Waals surface area contributed by atoms with Crippen molar-refractivity contribution in [2.45, 2.75) is 13.5 Å². The Balaban J connectivity index is 1.73. The average molecular weight is 402 g/mol. The molecule has 7 nitrogen and oxygen atoms in total. The van der Waals surface area contributed by atoms with E-state index in [1.807, 2.05) is 37.3 Å². The van der Waals surface area contributed by atoms with E-state index >= 15 is 0 Å². The Morgan fingerprint density at radius 1 is 1.03 bits per heavy atom. The zero-order valence-electron chi connectivity index (χ0n) is 16.9. The number of nitrogens with zero attached hydrogens (tertiary/aromatic N) is 3. The van der Waals surface area contributed by atoms with Crippen molar-refractivity contribution < 1.29 is 9.53 Å². The first-order valence-electron chi connectivity index (χ1n) is 9.69. The van der Waals surface area contributed by atoms with E-state index in [0.717, 1.165) is 16.6 Å². The standard InChI is InChI=1S/C23H22N4O3/c1-15-13-18(16-7-3-5-9-19(16)24-15)23(29)27(11-12-30-2)14-21-25-20-10-6-4-8-17(20)22(28)26-21/h3-10,13H,11-12,14H2,1-2H3,(H,25,26,28). The number of methoxy groups -OCH3 is 1. The van der Waals surface area contributed by atoms with E-state index in [0.29, 0.717) is 35.4 Å². The van der Waals surface area contributed by atoms with Crippen LogP contribution in [0.4, 0.5) is 0 Å². The molecule has 0 saturated carbocycles. The molecule has 2 aromatic carbocycles. The summed E-state index contributed by atoms with van der Waals surface area (Å²) in [5, 5.41) is 1.31. The minimum Gasteiger partial charge on any atom is -0.383 e. The highest BCUT2D eigenvalue weighted by atomic mass is 16.5. The summed E-state index contributed by atoms with van der Waals surface area (Å²) in [4.78, 5) is 39.4. The summed E-state index contributed by atoms with van der Waals surface area (Å²) in [6.45, 7) is 2.76. The third-order valence-corrected chi connectivity index (χ3v) is 4.93. The maximum Gasteiger partial charge on any atom is 0.258 e. The van der Waals surface area contributed by atoms with Crippen LogP contribution in [0.5, 0.6) is 0 Å². The second-order valence-electron chi connectivity index (χ2n) is 7.08. The molecule has 1 amide bonds. The second kappa shape index (κ2) is 8.42. The molecule has 0 aliphatic rings. The number of carbonyl (C=O) groups excluding carboxylic acids is 1. The van der Waals surface area contributed by atoms with Gasteiger partial charge in [-0.2, -0.15) is 0 Å². The monoisotopic (exact) mass is 402 g/mol. The lowest BCUT2D eigenvalue weighted by Gasteiger charge is -2.23. The van der Waals surface area contributed by atoms with Gasteiger partial charge >= 0.3 is 0 Å². The van der Waals surface area contributed by atoms with Gasteiger partial charge in [0.15, 0.2) is 0 Å². The van der Waals surface area contributed by atoms with E-state index in [4.69, 9.17) is 4.74 Å². The van der Waals surface area contributed by atoms with Gasteiger partial charge in [0.2, 0.25) is 0 Å². The molecule has 0 bridgehead atoms. The largest absolute Gasteiger partial charge is 0.383 e. The van der Waals surface area contributed by atoms with Crippen LogP contribution in [0.15, 0.2) is 59.4 Å². The number of aromatic amines is 1. The molecule has 4 rings (SSSR count). The first-order valence-corrected chi connectivity index (χ1v) is 9.69.